The molecule has 0 aliphatic heterocycles. The van der Waals surface area contributed by atoms with E-state index in [1.54, 1.807) is 12.1 Å². The summed E-state index contributed by atoms with van der Waals surface area (Å²) in [5.74, 6) is 0.158. The van der Waals surface area contributed by atoms with Crippen LogP contribution in [-0.2, 0) is 6.42 Å². The molecule has 1 atom stereocenters. The summed E-state index contributed by atoms with van der Waals surface area (Å²) >= 11 is 0. The fourth-order valence-electron chi connectivity index (χ4n) is 2.33. The molecular weight excluding hydrogens is 250 g/mol. The molecule has 106 valence electrons. The molecule has 0 aliphatic carbocycles. The largest absolute Gasteiger partial charge is 0.508 e. The normalized spacial score (nSPS) is 12.1. The highest BCUT2D eigenvalue weighted by Gasteiger charge is 2.10. The van der Waals surface area contributed by atoms with Gasteiger partial charge in [0.25, 0.3) is 0 Å². The second-order valence-electron chi connectivity index (χ2n) is 5.06. The number of aromatic hydroxyl groups is 2. The van der Waals surface area contributed by atoms with Crippen LogP contribution in [0.5, 0.6) is 11.5 Å². The van der Waals surface area contributed by atoms with E-state index in [-0.39, 0.29) is 17.5 Å². The van der Waals surface area contributed by atoms with Gasteiger partial charge in [0.1, 0.15) is 11.5 Å². The second kappa shape index (κ2) is 6.33. The zero-order valence-corrected chi connectivity index (χ0v) is 11.9. The molecule has 3 heteroatoms. The summed E-state index contributed by atoms with van der Waals surface area (Å²) in [6.07, 6.45) is 2.13. The van der Waals surface area contributed by atoms with Crippen molar-refractivity contribution in [2.75, 3.05) is 5.32 Å². The quantitative estimate of drug-likeness (QED) is 0.763. The van der Waals surface area contributed by atoms with Crippen LogP contribution in [0.1, 0.15) is 37.4 Å². The van der Waals surface area contributed by atoms with E-state index < -0.39 is 0 Å². The van der Waals surface area contributed by atoms with E-state index >= 15 is 0 Å². The van der Waals surface area contributed by atoms with Crippen molar-refractivity contribution in [2.45, 2.75) is 32.7 Å². The zero-order valence-electron chi connectivity index (χ0n) is 11.9. The van der Waals surface area contributed by atoms with E-state index in [2.05, 4.69) is 24.4 Å². The van der Waals surface area contributed by atoms with Gasteiger partial charge in [-0.05, 0) is 42.7 Å². The topological polar surface area (TPSA) is 52.5 Å². The number of nitrogens with one attached hydrogen (secondary N) is 1. The molecule has 0 fully saturated rings. The summed E-state index contributed by atoms with van der Waals surface area (Å²) in [6, 6.07) is 12.9. The Morgan fingerprint density at radius 3 is 2.35 bits per heavy atom. The molecule has 0 amide bonds. The fourth-order valence-corrected chi connectivity index (χ4v) is 2.33. The average Bonchev–Trinajstić information content (AvgIpc) is 2.40. The molecule has 3 nitrogen and oxygen atoms in total. The molecule has 0 aliphatic rings. The first-order valence-electron chi connectivity index (χ1n) is 6.97. The number of hydrogen-bond donors (Lipinski definition) is 3. The molecule has 3 N–H and O–H groups in total. The van der Waals surface area contributed by atoms with Gasteiger partial charge < -0.3 is 15.5 Å². The van der Waals surface area contributed by atoms with E-state index in [4.69, 9.17) is 0 Å². The maximum absolute atomic E-state index is 9.56. The number of phenols is 2. The number of aryl methyl sites for hydroxylation is 1. The Kier molecular flexibility index (Phi) is 4.51. The van der Waals surface area contributed by atoms with Gasteiger partial charge in [-0.25, -0.2) is 0 Å². The molecule has 0 bridgehead atoms. The number of rotatable bonds is 5. The Balaban J connectivity index is 2.21. The van der Waals surface area contributed by atoms with Crippen molar-refractivity contribution in [1.82, 2.24) is 0 Å². The first-order chi connectivity index (χ1) is 9.60. The minimum atomic E-state index is 0.00556. The molecule has 0 saturated heterocycles. The van der Waals surface area contributed by atoms with Crippen molar-refractivity contribution in [3.05, 3.63) is 53.6 Å². The van der Waals surface area contributed by atoms with Gasteiger partial charge in [0.15, 0.2) is 0 Å². The minimum absolute atomic E-state index is 0.00556. The molecule has 2 aromatic rings. The Morgan fingerprint density at radius 2 is 1.70 bits per heavy atom. The van der Waals surface area contributed by atoms with Gasteiger partial charge in [-0.15, -0.1) is 0 Å². The first kappa shape index (κ1) is 14.3. The average molecular weight is 271 g/mol. The summed E-state index contributed by atoms with van der Waals surface area (Å²) in [5, 5.41) is 22.6. The lowest BCUT2D eigenvalue weighted by Gasteiger charge is -2.19. The van der Waals surface area contributed by atoms with Gasteiger partial charge >= 0.3 is 0 Å². The fraction of sp³-hybridized carbons (Fsp3) is 0.294. The molecule has 0 aromatic heterocycles. The molecule has 0 spiro atoms. The highest BCUT2D eigenvalue weighted by Crippen LogP contribution is 2.28. The van der Waals surface area contributed by atoms with Crippen LogP contribution in [-0.4, -0.2) is 10.2 Å². The van der Waals surface area contributed by atoms with Gasteiger partial charge in [0.05, 0.1) is 0 Å². The standard InChI is InChI=1S/C17H21NO2/c1-3-6-13-7-4-5-8-17(13)18-12(2)14-9-15(19)11-16(20)10-14/h4-5,7-12,18-20H,3,6H2,1-2H3. The van der Waals surface area contributed by atoms with Crippen LogP contribution in [0.2, 0.25) is 0 Å². The van der Waals surface area contributed by atoms with Crippen molar-refractivity contribution in [2.24, 2.45) is 0 Å². The zero-order chi connectivity index (χ0) is 14.5. The Morgan fingerprint density at radius 1 is 1.05 bits per heavy atom. The Hall–Kier alpha value is -2.16. The molecule has 1 unspecified atom stereocenters. The minimum Gasteiger partial charge on any atom is -0.508 e. The highest BCUT2D eigenvalue weighted by atomic mass is 16.3. The van der Waals surface area contributed by atoms with Crippen LogP contribution in [0, 0.1) is 0 Å². The van der Waals surface area contributed by atoms with Crippen LogP contribution < -0.4 is 5.32 Å². The van der Waals surface area contributed by atoms with Crippen molar-refractivity contribution in [1.29, 1.82) is 0 Å². The summed E-state index contributed by atoms with van der Waals surface area (Å²) in [6.45, 7) is 4.17. The van der Waals surface area contributed by atoms with Crippen molar-refractivity contribution in [3.8, 4) is 11.5 Å². The summed E-state index contributed by atoms with van der Waals surface area (Å²) in [4.78, 5) is 0. The third-order valence-corrected chi connectivity index (χ3v) is 3.33. The van der Waals surface area contributed by atoms with Crippen LogP contribution in [0.25, 0.3) is 0 Å². The van der Waals surface area contributed by atoms with Gasteiger partial charge in [0, 0.05) is 17.8 Å². The Labute approximate surface area is 119 Å². The summed E-state index contributed by atoms with van der Waals surface area (Å²) < 4.78 is 0. The van der Waals surface area contributed by atoms with E-state index in [0.717, 1.165) is 24.1 Å². The molecule has 2 aromatic carbocycles. The second-order valence-corrected chi connectivity index (χ2v) is 5.06. The molecule has 0 saturated carbocycles. The smallest absolute Gasteiger partial charge is 0.119 e. The first-order valence-corrected chi connectivity index (χ1v) is 6.97. The van der Waals surface area contributed by atoms with Gasteiger partial charge in [-0.2, -0.15) is 0 Å². The molecule has 20 heavy (non-hydrogen) atoms. The monoisotopic (exact) mass is 271 g/mol. The number of phenolic OH excluding ortho intramolecular Hbond substituents is 2. The molecular formula is C17H21NO2. The molecule has 2 rings (SSSR count). The van der Waals surface area contributed by atoms with Gasteiger partial charge in [-0.1, -0.05) is 31.5 Å². The van der Waals surface area contributed by atoms with Crippen molar-refractivity contribution >= 4 is 5.69 Å². The number of anilines is 1. The van der Waals surface area contributed by atoms with E-state index in [1.807, 2.05) is 19.1 Å². The number of para-hydroxylation sites is 1. The van der Waals surface area contributed by atoms with E-state index in [1.165, 1.54) is 11.6 Å². The maximum atomic E-state index is 9.56. The van der Waals surface area contributed by atoms with Crippen LogP contribution in [0.15, 0.2) is 42.5 Å². The third kappa shape index (κ3) is 3.44. The SMILES string of the molecule is CCCc1ccccc1NC(C)c1cc(O)cc(O)c1. The molecule has 0 radical (unpaired) electrons. The summed E-state index contributed by atoms with van der Waals surface area (Å²) in [5.41, 5.74) is 3.24. The highest BCUT2D eigenvalue weighted by molar-refractivity contribution is 5.53. The third-order valence-electron chi connectivity index (χ3n) is 3.33. The number of benzene rings is 2. The predicted molar refractivity (Wildman–Crippen MR) is 82.2 cm³/mol. The lowest BCUT2D eigenvalue weighted by Crippen LogP contribution is -2.08. The van der Waals surface area contributed by atoms with Crippen LogP contribution in [0.4, 0.5) is 5.69 Å². The summed E-state index contributed by atoms with van der Waals surface area (Å²) in [7, 11) is 0. The lowest BCUT2D eigenvalue weighted by atomic mass is 10.0. The molecule has 0 heterocycles. The van der Waals surface area contributed by atoms with Crippen molar-refractivity contribution < 1.29 is 10.2 Å². The van der Waals surface area contributed by atoms with Crippen molar-refractivity contribution in [3.63, 3.8) is 0 Å². The van der Waals surface area contributed by atoms with Gasteiger partial charge in [-0.3, -0.25) is 0 Å². The van der Waals surface area contributed by atoms with E-state index in [9.17, 15) is 10.2 Å². The van der Waals surface area contributed by atoms with Gasteiger partial charge in [0.2, 0.25) is 0 Å². The van der Waals surface area contributed by atoms with E-state index in [0.29, 0.717) is 0 Å². The predicted octanol–water partition coefficient (Wildman–Crippen LogP) is 4.22. The lowest BCUT2D eigenvalue weighted by molar-refractivity contribution is 0.448. The number of hydrogen-bond acceptors (Lipinski definition) is 3. The maximum Gasteiger partial charge on any atom is 0.119 e. The van der Waals surface area contributed by atoms with Crippen LogP contribution >= 0.6 is 0 Å². The Bertz CT molecular complexity index is 561. The van der Waals surface area contributed by atoms with Crippen LogP contribution in [0.3, 0.4) is 0 Å².